The molecule has 0 aliphatic rings. The third-order valence-corrected chi connectivity index (χ3v) is 3.10. The quantitative estimate of drug-likeness (QED) is 0.896. The van der Waals surface area contributed by atoms with E-state index in [1.807, 2.05) is 0 Å². The number of hydrogen-bond acceptors (Lipinski definition) is 2. The Balaban J connectivity index is 2.69. The molecule has 0 bridgehead atoms. The van der Waals surface area contributed by atoms with E-state index < -0.39 is 29.2 Å². The Kier molecular flexibility index (Phi) is 3.56. The molecule has 0 fully saturated rings. The highest BCUT2D eigenvalue weighted by molar-refractivity contribution is 5.93. The van der Waals surface area contributed by atoms with Crippen molar-refractivity contribution in [2.75, 3.05) is 0 Å². The van der Waals surface area contributed by atoms with Gasteiger partial charge in [0.2, 0.25) is 0 Å². The lowest BCUT2D eigenvalue weighted by Gasteiger charge is -2.16. The Morgan fingerprint density at radius 2 is 1.90 bits per heavy atom. The monoisotopic (exact) mass is 277 g/mol. The minimum atomic E-state index is -1.49. The average molecular weight is 277 g/mol. The number of aromatic carboxylic acids is 1. The topological polar surface area (TPSA) is 79.5 Å². The highest BCUT2D eigenvalue weighted by Gasteiger charge is 2.30. The van der Waals surface area contributed by atoms with Gasteiger partial charge in [-0.1, -0.05) is 12.1 Å². The standard InChI is InChI=1S/C14H12FNO4/c1-16-7-3-6-10(16)12(14(19)20)8-4-2-5-9(15)11(8)13(17)18/h2-7,12H,1H3,(H,17,18)(H,19,20). The first-order chi connectivity index (χ1) is 9.43. The van der Waals surface area contributed by atoms with E-state index in [1.54, 1.807) is 29.9 Å². The van der Waals surface area contributed by atoms with E-state index in [-0.39, 0.29) is 5.56 Å². The number of nitrogens with zero attached hydrogens (tertiary/aromatic N) is 1. The number of aromatic nitrogens is 1. The lowest BCUT2D eigenvalue weighted by molar-refractivity contribution is -0.137. The molecule has 0 saturated heterocycles. The summed E-state index contributed by atoms with van der Waals surface area (Å²) >= 11 is 0. The summed E-state index contributed by atoms with van der Waals surface area (Å²) in [5, 5.41) is 18.5. The first-order valence-electron chi connectivity index (χ1n) is 5.79. The van der Waals surface area contributed by atoms with E-state index in [0.29, 0.717) is 5.69 Å². The lowest BCUT2D eigenvalue weighted by atomic mass is 9.91. The summed E-state index contributed by atoms with van der Waals surface area (Å²) in [6.45, 7) is 0. The molecule has 20 heavy (non-hydrogen) atoms. The molecule has 6 heteroatoms. The molecule has 1 atom stereocenters. The Labute approximate surface area is 113 Å². The Morgan fingerprint density at radius 3 is 2.40 bits per heavy atom. The molecule has 1 unspecified atom stereocenters. The van der Waals surface area contributed by atoms with Crippen molar-refractivity contribution in [3.8, 4) is 0 Å². The third-order valence-electron chi connectivity index (χ3n) is 3.10. The van der Waals surface area contributed by atoms with Gasteiger partial charge in [-0.05, 0) is 23.8 Å². The van der Waals surface area contributed by atoms with Crippen molar-refractivity contribution in [1.29, 1.82) is 0 Å². The zero-order valence-corrected chi connectivity index (χ0v) is 10.6. The molecule has 2 aromatic rings. The number of benzene rings is 1. The molecule has 5 nitrogen and oxygen atoms in total. The van der Waals surface area contributed by atoms with Crippen molar-refractivity contribution in [3.63, 3.8) is 0 Å². The van der Waals surface area contributed by atoms with Crippen LogP contribution in [0.1, 0.15) is 27.5 Å². The van der Waals surface area contributed by atoms with Crippen molar-refractivity contribution in [2.45, 2.75) is 5.92 Å². The minimum absolute atomic E-state index is 0.0770. The highest BCUT2D eigenvalue weighted by Crippen LogP contribution is 2.29. The summed E-state index contributed by atoms with van der Waals surface area (Å²) in [7, 11) is 1.64. The molecular weight excluding hydrogens is 265 g/mol. The molecule has 0 saturated carbocycles. The number of hydrogen-bond donors (Lipinski definition) is 2. The molecule has 2 N–H and O–H groups in total. The number of carboxylic acids is 2. The normalized spacial score (nSPS) is 12.1. The van der Waals surface area contributed by atoms with E-state index >= 15 is 0 Å². The molecule has 1 aromatic heterocycles. The van der Waals surface area contributed by atoms with Gasteiger partial charge in [-0.2, -0.15) is 0 Å². The number of halogens is 1. The minimum Gasteiger partial charge on any atom is -0.480 e. The maximum Gasteiger partial charge on any atom is 0.339 e. The van der Waals surface area contributed by atoms with Crippen LogP contribution in [0.4, 0.5) is 4.39 Å². The fourth-order valence-electron chi connectivity index (χ4n) is 2.20. The van der Waals surface area contributed by atoms with E-state index in [4.69, 9.17) is 5.11 Å². The molecule has 1 aromatic carbocycles. The van der Waals surface area contributed by atoms with Gasteiger partial charge in [-0.15, -0.1) is 0 Å². The lowest BCUT2D eigenvalue weighted by Crippen LogP contribution is -2.20. The number of rotatable bonds is 4. The summed E-state index contributed by atoms with van der Waals surface area (Å²) in [4.78, 5) is 22.7. The van der Waals surface area contributed by atoms with E-state index in [1.165, 1.54) is 12.1 Å². The van der Waals surface area contributed by atoms with Crippen LogP contribution in [-0.2, 0) is 11.8 Å². The van der Waals surface area contributed by atoms with Crippen LogP contribution in [0.5, 0.6) is 0 Å². The molecule has 1 heterocycles. The summed E-state index contributed by atoms with van der Waals surface area (Å²) in [5.41, 5.74) is -0.307. The van der Waals surface area contributed by atoms with E-state index in [2.05, 4.69) is 0 Å². The molecule has 0 radical (unpaired) electrons. The Bertz CT molecular complexity index is 678. The second-order valence-electron chi connectivity index (χ2n) is 4.32. The van der Waals surface area contributed by atoms with Crippen LogP contribution >= 0.6 is 0 Å². The molecule has 0 aliphatic carbocycles. The van der Waals surface area contributed by atoms with Crippen LogP contribution in [0.3, 0.4) is 0 Å². The Morgan fingerprint density at radius 1 is 1.20 bits per heavy atom. The number of aliphatic carboxylic acids is 1. The van der Waals surface area contributed by atoms with Crippen LogP contribution in [-0.4, -0.2) is 26.7 Å². The van der Waals surface area contributed by atoms with Gasteiger partial charge in [0.1, 0.15) is 11.7 Å². The fraction of sp³-hybridized carbons (Fsp3) is 0.143. The van der Waals surface area contributed by atoms with Crippen molar-refractivity contribution < 1.29 is 24.2 Å². The van der Waals surface area contributed by atoms with Gasteiger partial charge >= 0.3 is 11.9 Å². The molecule has 0 amide bonds. The molecule has 104 valence electrons. The van der Waals surface area contributed by atoms with Gasteiger partial charge in [0, 0.05) is 18.9 Å². The highest BCUT2D eigenvalue weighted by atomic mass is 19.1. The second-order valence-corrected chi connectivity index (χ2v) is 4.32. The van der Waals surface area contributed by atoms with Crippen LogP contribution in [0, 0.1) is 5.82 Å². The Hall–Kier alpha value is -2.63. The van der Waals surface area contributed by atoms with Crippen molar-refractivity contribution in [1.82, 2.24) is 4.57 Å². The summed E-state index contributed by atoms with van der Waals surface area (Å²) < 4.78 is 15.3. The SMILES string of the molecule is Cn1cccc1C(C(=O)O)c1cccc(F)c1C(=O)O. The first-order valence-corrected chi connectivity index (χ1v) is 5.79. The predicted octanol–water partition coefficient (Wildman–Crippen LogP) is 2.08. The van der Waals surface area contributed by atoms with Gasteiger partial charge in [0.05, 0.1) is 5.56 Å². The summed E-state index contributed by atoms with van der Waals surface area (Å²) in [5.74, 6) is -4.91. The maximum atomic E-state index is 13.7. The zero-order valence-electron chi connectivity index (χ0n) is 10.6. The fourth-order valence-corrected chi connectivity index (χ4v) is 2.20. The average Bonchev–Trinajstić information content (AvgIpc) is 2.75. The molecular formula is C14H12FNO4. The van der Waals surface area contributed by atoms with E-state index in [0.717, 1.165) is 6.07 Å². The third kappa shape index (κ3) is 2.27. The van der Waals surface area contributed by atoms with Gasteiger partial charge < -0.3 is 14.8 Å². The largest absolute Gasteiger partial charge is 0.480 e. The zero-order chi connectivity index (χ0) is 14.9. The molecule has 0 spiro atoms. The number of aryl methyl sites for hydroxylation is 1. The van der Waals surface area contributed by atoms with Gasteiger partial charge in [0.25, 0.3) is 0 Å². The number of carbonyl (C=O) groups is 2. The van der Waals surface area contributed by atoms with Crippen LogP contribution in [0.25, 0.3) is 0 Å². The summed E-state index contributed by atoms with van der Waals surface area (Å²) in [6.07, 6.45) is 1.64. The second kappa shape index (κ2) is 5.16. The van der Waals surface area contributed by atoms with Crippen molar-refractivity contribution >= 4 is 11.9 Å². The number of carboxylic acid groups (broad SMARTS) is 2. The maximum absolute atomic E-state index is 13.7. The smallest absolute Gasteiger partial charge is 0.339 e. The van der Waals surface area contributed by atoms with Crippen LogP contribution < -0.4 is 0 Å². The molecule has 0 aliphatic heterocycles. The van der Waals surface area contributed by atoms with E-state index in [9.17, 15) is 19.1 Å². The molecule has 2 rings (SSSR count). The van der Waals surface area contributed by atoms with Crippen molar-refractivity contribution in [2.24, 2.45) is 7.05 Å². The van der Waals surface area contributed by atoms with Crippen LogP contribution in [0.15, 0.2) is 36.5 Å². The van der Waals surface area contributed by atoms with Gasteiger partial charge in [0.15, 0.2) is 0 Å². The van der Waals surface area contributed by atoms with Gasteiger partial charge in [-0.25, -0.2) is 9.18 Å². The van der Waals surface area contributed by atoms with Crippen molar-refractivity contribution in [3.05, 3.63) is 59.2 Å². The van der Waals surface area contributed by atoms with Gasteiger partial charge in [-0.3, -0.25) is 4.79 Å². The van der Waals surface area contributed by atoms with Crippen LogP contribution in [0.2, 0.25) is 0 Å². The predicted molar refractivity (Wildman–Crippen MR) is 68.3 cm³/mol. The summed E-state index contributed by atoms with van der Waals surface area (Å²) in [6, 6.07) is 6.82. The first kappa shape index (κ1) is 13.8.